The van der Waals surface area contributed by atoms with E-state index in [-0.39, 0.29) is 5.41 Å². The molecule has 0 amide bonds. The molecule has 5 nitrogen and oxygen atoms in total. The average Bonchev–Trinajstić information content (AvgIpc) is 3.26. The van der Waals surface area contributed by atoms with Gasteiger partial charge in [0.25, 0.3) is 0 Å². The molecular formula is C26H37N5. The van der Waals surface area contributed by atoms with Crippen LogP contribution < -0.4 is 10.2 Å². The molecule has 2 aromatic heterocycles. The first kappa shape index (κ1) is 23.0. The second kappa shape index (κ2) is 9.65. The number of aromatic nitrogens is 3. The molecule has 0 bridgehead atoms. The van der Waals surface area contributed by atoms with Gasteiger partial charge in [-0.05, 0) is 57.0 Å². The Hall–Kier alpha value is -2.66. The maximum Gasteiger partial charge on any atom is 0.0726 e. The lowest BCUT2D eigenvalue weighted by Gasteiger charge is -2.32. The van der Waals surface area contributed by atoms with E-state index in [0.29, 0.717) is 6.04 Å². The third kappa shape index (κ3) is 5.53. The van der Waals surface area contributed by atoms with Crippen LogP contribution in [0.15, 0.2) is 43.2 Å². The largest absolute Gasteiger partial charge is 0.370 e. The number of nitrogens with zero attached hydrogens (tertiary/aromatic N) is 3. The summed E-state index contributed by atoms with van der Waals surface area (Å²) in [4.78, 5) is 7.43. The number of hydrogen-bond acceptors (Lipinski definition) is 4. The van der Waals surface area contributed by atoms with Crippen LogP contribution in [0.5, 0.6) is 0 Å². The molecule has 0 aliphatic carbocycles. The number of allylic oxidation sites excluding steroid dienone is 1. The Morgan fingerprint density at radius 3 is 2.68 bits per heavy atom. The lowest BCUT2D eigenvalue weighted by Crippen LogP contribution is -2.39. The van der Waals surface area contributed by atoms with E-state index in [2.05, 4.69) is 86.0 Å². The minimum Gasteiger partial charge on any atom is -0.370 e. The molecule has 0 spiro atoms. The molecule has 31 heavy (non-hydrogen) atoms. The number of likely N-dealkylation sites (N-methyl/N-ethyl adjacent to an activating group) is 2. The lowest BCUT2D eigenvalue weighted by atomic mass is 9.90. The van der Waals surface area contributed by atoms with Gasteiger partial charge >= 0.3 is 0 Å². The van der Waals surface area contributed by atoms with Gasteiger partial charge in [0.15, 0.2) is 0 Å². The Morgan fingerprint density at radius 2 is 2.03 bits per heavy atom. The zero-order valence-electron chi connectivity index (χ0n) is 19.9. The van der Waals surface area contributed by atoms with Crippen LogP contribution in [0.1, 0.15) is 56.9 Å². The number of benzene rings is 1. The molecule has 0 aliphatic rings. The first-order valence-electron chi connectivity index (χ1n) is 11.2. The molecule has 2 N–H and O–H groups in total. The van der Waals surface area contributed by atoms with E-state index in [4.69, 9.17) is 4.98 Å². The van der Waals surface area contributed by atoms with Crippen molar-refractivity contribution in [1.29, 1.82) is 0 Å². The normalized spacial score (nSPS) is 12.8. The number of aryl methyl sites for hydroxylation is 1. The Balaban J connectivity index is 1.87. The van der Waals surface area contributed by atoms with Gasteiger partial charge in [-0.3, -0.25) is 10.1 Å². The third-order valence-corrected chi connectivity index (χ3v) is 6.00. The molecule has 1 aromatic carbocycles. The molecule has 1 unspecified atom stereocenters. The van der Waals surface area contributed by atoms with Crippen LogP contribution in [0.25, 0.3) is 16.5 Å². The van der Waals surface area contributed by atoms with Crippen molar-refractivity contribution in [3.8, 4) is 0 Å². The van der Waals surface area contributed by atoms with Crippen molar-refractivity contribution in [2.45, 2.75) is 58.4 Å². The minimum atomic E-state index is -0.00446. The van der Waals surface area contributed by atoms with E-state index in [1.165, 1.54) is 16.6 Å². The highest BCUT2D eigenvalue weighted by Crippen LogP contribution is 2.33. The van der Waals surface area contributed by atoms with Crippen molar-refractivity contribution < 1.29 is 0 Å². The van der Waals surface area contributed by atoms with Crippen LogP contribution in [0, 0.1) is 6.92 Å². The highest BCUT2D eigenvalue weighted by molar-refractivity contribution is 5.92. The highest BCUT2D eigenvalue weighted by atomic mass is 15.2. The van der Waals surface area contributed by atoms with E-state index < -0.39 is 0 Å². The number of pyridine rings is 1. The molecule has 1 atom stereocenters. The van der Waals surface area contributed by atoms with Gasteiger partial charge in [-0.2, -0.15) is 5.10 Å². The van der Waals surface area contributed by atoms with Gasteiger partial charge in [-0.15, -0.1) is 0 Å². The third-order valence-electron chi connectivity index (χ3n) is 6.00. The van der Waals surface area contributed by atoms with Crippen LogP contribution in [-0.2, 0) is 5.41 Å². The summed E-state index contributed by atoms with van der Waals surface area (Å²) in [6, 6.07) is 9.23. The lowest BCUT2D eigenvalue weighted by molar-refractivity contribution is 0.533. The zero-order chi connectivity index (χ0) is 22.6. The van der Waals surface area contributed by atoms with Gasteiger partial charge in [0.2, 0.25) is 0 Å². The summed E-state index contributed by atoms with van der Waals surface area (Å²) in [5, 5.41) is 11.5. The van der Waals surface area contributed by atoms with Crippen LogP contribution >= 0.6 is 0 Å². The first-order chi connectivity index (χ1) is 14.7. The van der Waals surface area contributed by atoms with Crippen molar-refractivity contribution >= 4 is 22.2 Å². The number of rotatable bonds is 9. The SMILES string of the molecule is C=C(CCCC(CNC)N(C)c1cc(C(C)(C)C)nc2ccc(C)cc12)c1cn[nH]c1. The topological polar surface area (TPSA) is 56.8 Å². The van der Waals surface area contributed by atoms with Crippen LogP contribution in [0.2, 0.25) is 0 Å². The van der Waals surface area contributed by atoms with Gasteiger partial charge in [-0.1, -0.05) is 39.0 Å². The van der Waals surface area contributed by atoms with Gasteiger partial charge in [0.05, 0.1) is 11.7 Å². The molecular weight excluding hydrogens is 382 g/mol. The Bertz CT molecular complexity index is 1010. The predicted octanol–water partition coefficient (Wildman–Crippen LogP) is 5.47. The monoisotopic (exact) mass is 419 g/mol. The van der Waals surface area contributed by atoms with Gasteiger partial charge in [0.1, 0.15) is 0 Å². The van der Waals surface area contributed by atoms with Gasteiger partial charge < -0.3 is 10.2 Å². The maximum absolute atomic E-state index is 4.99. The van der Waals surface area contributed by atoms with Crippen molar-refractivity contribution in [1.82, 2.24) is 20.5 Å². The van der Waals surface area contributed by atoms with Gasteiger partial charge in [0, 0.05) is 53.6 Å². The van der Waals surface area contributed by atoms with Gasteiger partial charge in [-0.25, -0.2) is 0 Å². The molecule has 5 heteroatoms. The Labute approximate surface area is 187 Å². The van der Waals surface area contributed by atoms with Crippen LogP contribution in [0.4, 0.5) is 5.69 Å². The molecule has 0 radical (unpaired) electrons. The molecule has 0 fully saturated rings. The van der Waals surface area contributed by atoms with E-state index in [0.717, 1.165) is 48.2 Å². The van der Waals surface area contributed by atoms with Crippen LogP contribution in [0.3, 0.4) is 0 Å². The van der Waals surface area contributed by atoms with Crippen molar-refractivity contribution in [2.24, 2.45) is 0 Å². The molecule has 2 heterocycles. The summed E-state index contributed by atoms with van der Waals surface area (Å²) in [7, 11) is 4.25. The number of aromatic amines is 1. The van der Waals surface area contributed by atoms with E-state index >= 15 is 0 Å². The summed E-state index contributed by atoms with van der Waals surface area (Å²) in [6.07, 6.45) is 6.89. The fourth-order valence-corrected chi connectivity index (χ4v) is 4.00. The number of hydrogen-bond donors (Lipinski definition) is 2. The number of nitrogens with one attached hydrogen (secondary N) is 2. The summed E-state index contributed by atoms with van der Waals surface area (Å²) in [6.45, 7) is 14.0. The highest BCUT2D eigenvalue weighted by Gasteiger charge is 2.22. The maximum atomic E-state index is 4.99. The fourth-order valence-electron chi connectivity index (χ4n) is 4.00. The number of fused-ring (bicyclic) bond motifs is 1. The molecule has 3 aromatic rings. The molecule has 166 valence electrons. The summed E-state index contributed by atoms with van der Waals surface area (Å²) in [5.74, 6) is 0. The first-order valence-corrected chi connectivity index (χ1v) is 11.2. The van der Waals surface area contributed by atoms with E-state index in [1.807, 2.05) is 19.4 Å². The van der Waals surface area contributed by atoms with Crippen molar-refractivity contribution in [2.75, 3.05) is 25.5 Å². The molecule has 3 rings (SSSR count). The minimum absolute atomic E-state index is 0.00446. The predicted molar refractivity (Wildman–Crippen MR) is 133 cm³/mol. The Morgan fingerprint density at radius 1 is 1.26 bits per heavy atom. The fraction of sp³-hybridized carbons (Fsp3) is 0.462. The van der Waals surface area contributed by atoms with E-state index in [9.17, 15) is 0 Å². The zero-order valence-corrected chi connectivity index (χ0v) is 19.9. The quantitative estimate of drug-likeness (QED) is 0.483. The van der Waals surface area contributed by atoms with Crippen molar-refractivity contribution in [3.63, 3.8) is 0 Å². The molecule has 0 saturated heterocycles. The Kier molecular flexibility index (Phi) is 7.16. The second-order valence-electron chi connectivity index (χ2n) is 9.60. The summed E-state index contributed by atoms with van der Waals surface area (Å²) >= 11 is 0. The molecule has 0 aliphatic heterocycles. The van der Waals surface area contributed by atoms with Crippen LogP contribution in [-0.4, -0.2) is 41.9 Å². The summed E-state index contributed by atoms with van der Waals surface area (Å²) in [5.41, 5.74) is 6.94. The molecule has 0 saturated carbocycles. The average molecular weight is 420 g/mol. The smallest absolute Gasteiger partial charge is 0.0726 e. The number of anilines is 1. The summed E-state index contributed by atoms with van der Waals surface area (Å²) < 4.78 is 0. The number of H-pyrrole nitrogens is 1. The standard InChI is InChI=1S/C26H37N5/c1-18-11-12-23-22(13-18)24(14-25(30-23)26(3,4)5)31(7)21(17-27-6)10-8-9-19(2)20-15-28-29-16-20/h11-16,21,27H,2,8-10,17H2,1,3-7H3,(H,28,29). The van der Waals surface area contributed by atoms with Crippen molar-refractivity contribution in [3.05, 3.63) is 60.1 Å². The van der Waals surface area contributed by atoms with E-state index in [1.54, 1.807) is 0 Å². The second-order valence-corrected chi connectivity index (χ2v) is 9.60.